The number of aryl methyl sites for hydroxylation is 1. The molecule has 20 heavy (non-hydrogen) atoms. The van der Waals surface area contributed by atoms with Gasteiger partial charge in [-0.15, -0.1) is 0 Å². The smallest absolute Gasteiger partial charge is 0.228 e. The summed E-state index contributed by atoms with van der Waals surface area (Å²) in [5, 5.41) is 2.87. The molecule has 3 rings (SSSR count). The highest BCUT2D eigenvalue weighted by Crippen LogP contribution is 2.32. The third kappa shape index (κ3) is 2.78. The van der Waals surface area contributed by atoms with Gasteiger partial charge in [0.05, 0.1) is 6.42 Å². The van der Waals surface area contributed by atoms with Gasteiger partial charge >= 0.3 is 0 Å². The van der Waals surface area contributed by atoms with Crippen LogP contribution in [0.25, 0.3) is 0 Å². The predicted octanol–water partition coefficient (Wildman–Crippen LogP) is 4.17. The van der Waals surface area contributed by atoms with Crippen molar-refractivity contribution >= 4 is 27.5 Å². The van der Waals surface area contributed by atoms with Crippen LogP contribution < -0.4 is 5.32 Å². The molecule has 0 saturated heterocycles. The van der Waals surface area contributed by atoms with E-state index in [1.54, 1.807) is 0 Å². The Morgan fingerprint density at radius 2 is 2.10 bits per heavy atom. The molecule has 0 fully saturated rings. The maximum absolute atomic E-state index is 11.4. The minimum atomic E-state index is 0.0851. The minimum Gasteiger partial charge on any atom is -0.326 e. The average Bonchev–Trinajstić information content (AvgIpc) is 2.77. The van der Waals surface area contributed by atoms with Crippen LogP contribution in [0, 0.1) is 6.92 Å². The first-order valence-corrected chi connectivity index (χ1v) is 7.66. The number of anilines is 1. The molecule has 1 aliphatic heterocycles. The third-order valence-corrected chi connectivity index (χ3v) is 4.47. The van der Waals surface area contributed by atoms with Gasteiger partial charge < -0.3 is 5.32 Å². The minimum absolute atomic E-state index is 0.0851. The van der Waals surface area contributed by atoms with E-state index in [9.17, 15) is 4.79 Å². The zero-order valence-corrected chi connectivity index (χ0v) is 12.9. The van der Waals surface area contributed by atoms with Gasteiger partial charge in [-0.1, -0.05) is 57.9 Å². The van der Waals surface area contributed by atoms with Gasteiger partial charge in [0, 0.05) is 10.5 Å². The highest BCUT2D eigenvalue weighted by molar-refractivity contribution is 9.09. The first-order chi connectivity index (χ1) is 9.61. The van der Waals surface area contributed by atoms with Crippen LogP contribution in [0.15, 0.2) is 42.5 Å². The average molecular weight is 330 g/mol. The quantitative estimate of drug-likeness (QED) is 0.841. The van der Waals surface area contributed by atoms with Gasteiger partial charge in [0.1, 0.15) is 0 Å². The van der Waals surface area contributed by atoms with Gasteiger partial charge in [-0.25, -0.2) is 0 Å². The van der Waals surface area contributed by atoms with Crippen LogP contribution in [0.3, 0.4) is 0 Å². The molecule has 0 spiro atoms. The molecule has 1 aliphatic rings. The van der Waals surface area contributed by atoms with Crippen molar-refractivity contribution < 1.29 is 4.79 Å². The monoisotopic (exact) mass is 329 g/mol. The maximum atomic E-state index is 11.4. The van der Waals surface area contributed by atoms with Crippen molar-refractivity contribution in [2.24, 2.45) is 0 Å². The first kappa shape index (κ1) is 13.4. The fourth-order valence-electron chi connectivity index (χ4n) is 2.61. The fourth-order valence-corrected chi connectivity index (χ4v) is 3.27. The number of rotatable bonds is 3. The number of fused-ring (bicyclic) bond motifs is 1. The van der Waals surface area contributed by atoms with Crippen molar-refractivity contribution in [1.29, 1.82) is 0 Å². The van der Waals surface area contributed by atoms with E-state index in [1.807, 2.05) is 6.07 Å². The van der Waals surface area contributed by atoms with E-state index < -0.39 is 0 Å². The molecule has 2 aromatic carbocycles. The molecule has 1 unspecified atom stereocenters. The second kappa shape index (κ2) is 5.41. The van der Waals surface area contributed by atoms with E-state index in [1.165, 1.54) is 16.7 Å². The Morgan fingerprint density at radius 3 is 2.90 bits per heavy atom. The summed E-state index contributed by atoms with van der Waals surface area (Å²) in [7, 11) is 0. The Morgan fingerprint density at radius 1 is 1.25 bits per heavy atom. The Kier molecular flexibility index (Phi) is 3.62. The van der Waals surface area contributed by atoms with Crippen LogP contribution in [-0.2, 0) is 17.6 Å². The van der Waals surface area contributed by atoms with Gasteiger partial charge in [0.2, 0.25) is 5.91 Å². The van der Waals surface area contributed by atoms with Crippen molar-refractivity contribution in [3.8, 4) is 0 Å². The molecule has 2 aromatic rings. The van der Waals surface area contributed by atoms with Crippen molar-refractivity contribution in [3.05, 3.63) is 64.7 Å². The lowest BCUT2D eigenvalue weighted by atomic mass is 10.0. The maximum Gasteiger partial charge on any atom is 0.228 e. The van der Waals surface area contributed by atoms with Crippen LogP contribution in [0.2, 0.25) is 0 Å². The number of nitrogens with one attached hydrogen (secondary N) is 1. The topological polar surface area (TPSA) is 29.1 Å². The van der Waals surface area contributed by atoms with Gasteiger partial charge in [-0.2, -0.15) is 0 Å². The van der Waals surface area contributed by atoms with Crippen molar-refractivity contribution in [2.45, 2.75) is 24.6 Å². The number of benzene rings is 2. The Balaban J connectivity index is 1.79. The van der Waals surface area contributed by atoms with Crippen molar-refractivity contribution in [2.75, 3.05) is 5.32 Å². The lowest BCUT2D eigenvalue weighted by Crippen LogP contribution is -2.03. The Bertz CT molecular complexity index is 666. The molecular formula is C17H16BrNO. The molecule has 0 bridgehead atoms. The number of carbonyl (C=O) groups excluding carboxylic acids is 1. The van der Waals surface area contributed by atoms with E-state index in [0.29, 0.717) is 6.42 Å². The second-order valence-corrected chi connectivity index (χ2v) is 6.41. The summed E-state index contributed by atoms with van der Waals surface area (Å²) in [4.78, 5) is 11.7. The normalized spacial score (nSPS) is 14.8. The molecule has 1 heterocycles. The molecule has 3 heteroatoms. The van der Waals surface area contributed by atoms with Crippen LogP contribution >= 0.6 is 15.9 Å². The van der Waals surface area contributed by atoms with Crippen LogP contribution in [0.1, 0.15) is 27.1 Å². The number of hydrogen-bond donors (Lipinski definition) is 1. The van der Waals surface area contributed by atoms with Crippen molar-refractivity contribution in [3.63, 3.8) is 0 Å². The van der Waals surface area contributed by atoms with E-state index in [2.05, 4.69) is 64.6 Å². The summed E-state index contributed by atoms with van der Waals surface area (Å²) in [6, 6.07) is 14.8. The molecule has 1 N–H and O–H groups in total. The molecule has 0 saturated carbocycles. The molecular weight excluding hydrogens is 314 g/mol. The number of carbonyl (C=O) groups is 1. The fraction of sp³-hybridized carbons (Fsp3) is 0.235. The highest BCUT2D eigenvalue weighted by atomic mass is 79.9. The van der Waals surface area contributed by atoms with Crippen LogP contribution in [0.5, 0.6) is 0 Å². The first-order valence-electron chi connectivity index (χ1n) is 6.74. The summed E-state index contributed by atoms with van der Waals surface area (Å²) in [6.07, 6.45) is 1.44. The lowest BCUT2D eigenvalue weighted by Gasteiger charge is -2.12. The summed E-state index contributed by atoms with van der Waals surface area (Å²) in [6.45, 7) is 2.11. The number of amides is 1. The zero-order chi connectivity index (χ0) is 14.1. The SMILES string of the molecule is Cc1cccc(CC(Br)c2ccc3c(c2)CC(=O)N3)c1. The molecule has 1 amide bonds. The number of hydrogen-bond acceptors (Lipinski definition) is 1. The predicted molar refractivity (Wildman–Crippen MR) is 85.3 cm³/mol. The molecule has 2 nitrogen and oxygen atoms in total. The van der Waals surface area contributed by atoms with Gasteiger partial charge in [-0.3, -0.25) is 4.79 Å². The molecule has 0 aliphatic carbocycles. The largest absolute Gasteiger partial charge is 0.326 e. The molecule has 0 radical (unpaired) electrons. The number of halogens is 1. The van der Waals surface area contributed by atoms with Crippen molar-refractivity contribution in [1.82, 2.24) is 0 Å². The summed E-state index contributed by atoms with van der Waals surface area (Å²) in [5.74, 6) is 0.0851. The van der Waals surface area contributed by atoms with E-state index in [4.69, 9.17) is 0 Å². The lowest BCUT2D eigenvalue weighted by molar-refractivity contribution is -0.115. The van der Waals surface area contributed by atoms with E-state index in [0.717, 1.165) is 17.7 Å². The third-order valence-electron chi connectivity index (χ3n) is 3.61. The summed E-state index contributed by atoms with van der Waals surface area (Å²) in [5.41, 5.74) is 5.88. The van der Waals surface area contributed by atoms with Gasteiger partial charge in [0.25, 0.3) is 0 Å². The van der Waals surface area contributed by atoms with E-state index >= 15 is 0 Å². The molecule has 1 atom stereocenters. The molecule has 102 valence electrons. The van der Waals surface area contributed by atoms with Gasteiger partial charge in [0.15, 0.2) is 0 Å². The van der Waals surface area contributed by atoms with Crippen LogP contribution in [-0.4, -0.2) is 5.91 Å². The second-order valence-electron chi connectivity index (χ2n) is 5.30. The standard InChI is InChI=1S/C17H16BrNO/c1-11-3-2-4-12(7-11)8-15(18)13-5-6-16-14(9-13)10-17(20)19-16/h2-7,9,15H,8,10H2,1H3,(H,19,20). The Hall–Kier alpha value is -1.61. The van der Waals surface area contributed by atoms with E-state index in [-0.39, 0.29) is 10.7 Å². The Labute approximate surface area is 127 Å². The highest BCUT2D eigenvalue weighted by Gasteiger charge is 2.19. The number of alkyl halides is 1. The summed E-state index contributed by atoms with van der Waals surface area (Å²) < 4.78 is 0. The molecule has 0 aromatic heterocycles. The summed E-state index contributed by atoms with van der Waals surface area (Å²) >= 11 is 3.77. The zero-order valence-electron chi connectivity index (χ0n) is 11.3. The van der Waals surface area contributed by atoms with Crippen LogP contribution in [0.4, 0.5) is 5.69 Å². The van der Waals surface area contributed by atoms with Gasteiger partial charge in [-0.05, 0) is 36.1 Å².